The lowest BCUT2D eigenvalue weighted by molar-refractivity contribution is 0.0346. The number of hydrogen-bond acceptors (Lipinski definition) is 10. The van der Waals surface area contributed by atoms with Gasteiger partial charge in [0, 0.05) is 67.8 Å². The number of amides is 2. The largest absolute Gasteiger partial charge is 0.379 e. The summed E-state index contributed by atoms with van der Waals surface area (Å²) >= 11 is 1.71. The van der Waals surface area contributed by atoms with Gasteiger partial charge in [0.2, 0.25) is 5.95 Å². The maximum atomic E-state index is 12.4. The van der Waals surface area contributed by atoms with Crippen LogP contribution in [-0.2, 0) is 22.6 Å². The second-order valence-corrected chi connectivity index (χ2v) is 11.0. The third-order valence-corrected chi connectivity index (χ3v) is 7.93. The number of morpholine rings is 2. The van der Waals surface area contributed by atoms with Crippen molar-refractivity contribution in [1.29, 1.82) is 0 Å². The quantitative estimate of drug-likeness (QED) is 0.326. The van der Waals surface area contributed by atoms with Crippen LogP contribution in [0.3, 0.4) is 0 Å². The molecule has 2 saturated heterocycles. The van der Waals surface area contributed by atoms with Crippen LogP contribution < -0.4 is 15.5 Å². The minimum absolute atomic E-state index is 0.288. The fourth-order valence-electron chi connectivity index (χ4n) is 4.63. The van der Waals surface area contributed by atoms with Crippen molar-refractivity contribution < 1.29 is 14.3 Å². The molecule has 0 bridgehead atoms. The highest BCUT2D eigenvalue weighted by Crippen LogP contribution is 2.30. The number of aromatic nitrogens is 4. The van der Waals surface area contributed by atoms with Gasteiger partial charge in [0.25, 0.3) is 0 Å². The van der Waals surface area contributed by atoms with E-state index < -0.39 is 0 Å². The van der Waals surface area contributed by atoms with Crippen LogP contribution in [-0.4, -0.2) is 83.5 Å². The molecule has 0 spiro atoms. The van der Waals surface area contributed by atoms with Crippen LogP contribution in [0.2, 0.25) is 0 Å². The molecule has 1 aromatic carbocycles. The monoisotopic (exact) mass is 572 g/mol. The molecule has 2 aliphatic rings. The van der Waals surface area contributed by atoms with Gasteiger partial charge in [0.05, 0.1) is 31.3 Å². The van der Waals surface area contributed by atoms with Gasteiger partial charge in [0.1, 0.15) is 0 Å². The molecular weight excluding hydrogens is 540 g/mol. The highest BCUT2D eigenvalue weighted by molar-refractivity contribution is 7.15. The van der Waals surface area contributed by atoms with E-state index in [1.165, 1.54) is 4.88 Å². The zero-order valence-electron chi connectivity index (χ0n) is 22.7. The summed E-state index contributed by atoms with van der Waals surface area (Å²) in [6.45, 7) is 7.48. The number of benzene rings is 1. The zero-order chi connectivity index (χ0) is 27.9. The van der Waals surface area contributed by atoms with E-state index in [9.17, 15) is 4.79 Å². The molecule has 2 aliphatic heterocycles. The third kappa shape index (κ3) is 7.22. The Morgan fingerprint density at radius 3 is 2.39 bits per heavy atom. The molecule has 0 radical (unpaired) electrons. The number of hydrogen-bond donors (Lipinski definition) is 2. The molecule has 4 aromatic rings. The molecule has 6 rings (SSSR count). The molecule has 0 aliphatic carbocycles. The molecule has 0 saturated carbocycles. The van der Waals surface area contributed by atoms with Gasteiger partial charge in [-0.3, -0.25) is 9.88 Å². The smallest absolute Gasteiger partial charge is 0.319 e. The van der Waals surface area contributed by atoms with Gasteiger partial charge in [0.15, 0.2) is 11.6 Å². The number of carbonyl (C=O) groups excluding carboxylic acids is 1. The fraction of sp³-hybridized carbons (Fsp3) is 0.345. The molecule has 2 fully saturated rings. The van der Waals surface area contributed by atoms with Gasteiger partial charge in [-0.15, -0.1) is 11.3 Å². The van der Waals surface area contributed by atoms with Crippen molar-refractivity contribution >= 4 is 29.0 Å². The van der Waals surface area contributed by atoms with E-state index in [2.05, 4.69) is 37.6 Å². The number of thiophene rings is 1. The van der Waals surface area contributed by atoms with E-state index in [4.69, 9.17) is 24.4 Å². The normalized spacial score (nSPS) is 16.0. The predicted octanol–water partition coefficient (Wildman–Crippen LogP) is 3.65. The summed E-state index contributed by atoms with van der Waals surface area (Å²) in [7, 11) is 0. The first-order chi connectivity index (χ1) is 20.2. The first kappa shape index (κ1) is 27.2. The van der Waals surface area contributed by atoms with Crippen molar-refractivity contribution in [3.8, 4) is 22.1 Å². The number of pyridine rings is 1. The van der Waals surface area contributed by atoms with Crippen molar-refractivity contribution in [2.75, 3.05) is 62.8 Å². The van der Waals surface area contributed by atoms with Gasteiger partial charge in [-0.1, -0.05) is 6.07 Å². The highest BCUT2D eigenvalue weighted by atomic mass is 32.1. The van der Waals surface area contributed by atoms with E-state index >= 15 is 0 Å². The molecule has 212 valence electrons. The number of nitrogens with zero attached hydrogens (tertiary/aromatic N) is 6. The van der Waals surface area contributed by atoms with Crippen molar-refractivity contribution in [1.82, 2.24) is 30.2 Å². The standard InChI is InChI=1S/C29H32N8O3S/c38-29(31-19-21-2-1-9-30-18-21)32-23-5-3-22(4-6-23)26-33-27(35-28(34-26)37-12-16-40-17-13-37)25-8-7-24(41-25)20-36-10-14-39-15-11-36/h1-9,18H,10-17,19-20H2,(H2,31,32,38). The summed E-state index contributed by atoms with van der Waals surface area (Å²) in [5.41, 5.74) is 2.44. The van der Waals surface area contributed by atoms with Crippen LogP contribution in [0.15, 0.2) is 60.9 Å². The van der Waals surface area contributed by atoms with Gasteiger partial charge >= 0.3 is 6.03 Å². The minimum Gasteiger partial charge on any atom is -0.379 e. The number of carbonyl (C=O) groups is 1. The Bertz CT molecular complexity index is 1440. The Balaban J connectivity index is 1.19. The van der Waals surface area contributed by atoms with E-state index in [0.717, 1.165) is 61.9 Å². The highest BCUT2D eigenvalue weighted by Gasteiger charge is 2.19. The summed E-state index contributed by atoms with van der Waals surface area (Å²) < 4.78 is 11.0. The summed E-state index contributed by atoms with van der Waals surface area (Å²) in [6.07, 6.45) is 3.43. The average Bonchev–Trinajstić information content (AvgIpc) is 3.50. The number of ether oxygens (including phenoxy) is 2. The molecule has 2 N–H and O–H groups in total. The van der Waals surface area contributed by atoms with E-state index in [1.807, 2.05) is 36.4 Å². The molecule has 41 heavy (non-hydrogen) atoms. The fourth-order valence-corrected chi connectivity index (χ4v) is 5.62. The Labute approximate surface area is 242 Å². The van der Waals surface area contributed by atoms with E-state index in [0.29, 0.717) is 43.0 Å². The Kier molecular flexibility index (Phi) is 8.71. The first-order valence-electron chi connectivity index (χ1n) is 13.7. The van der Waals surface area contributed by atoms with Crippen LogP contribution in [0.1, 0.15) is 10.4 Å². The van der Waals surface area contributed by atoms with Crippen LogP contribution in [0.4, 0.5) is 16.4 Å². The molecule has 11 nitrogen and oxygen atoms in total. The molecule has 0 unspecified atom stereocenters. The zero-order valence-corrected chi connectivity index (χ0v) is 23.5. The molecular formula is C29H32N8O3S. The van der Waals surface area contributed by atoms with Crippen molar-refractivity contribution in [3.05, 3.63) is 71.4 Å². The molecule has 0 atom stereocenters. The van der Waals surface area contributed by atoms with E-state index in [1.54, 1.807) is 23.7 Å². The number of anilines is 2. The third-order valence-electron chi connectivity index (χ3n) is 6.86. The second kappa shape index (κ2) is 13.1. The number of nitrogens with one attached hydrogen (secondary N) is 2. The van der Waals surface area contributed by atoms with Gasteiger partial charge in [-0.25, -0.2) is 9.78 Å². The number of rotatable bonds is 8. The summed E-state index contributed by atoms with van der Waals surface area (Å²) in [6, 6.07) is 15.3. The van der Waals surface area contributed by atoms with Gasteiger partial charge in [-0.2, -0.15) is 9.97 Å². The van der Waals surface area contributed by atoms with Crippen LogP contribution in [0.5, 0.6) is 0 Å². The maximum Gasteiger partial charge on any atom is 0.319 e. The topological polar surface area (TPSA) is 118 Å². The molecule has 12 heteroatoms. The molecule has 2 amide bonds. The Morgan fingerprint density at radius 2 is 1.63 bits per heavy atom. The lowest BCUT2D eigenvalue weighted by Gasteiger charge is -2.27. The summed E-state index contributed by atoms with van der Waals surface area (Å²) in [5.74, 6) is 1.90. The van der Waals surface area contributed by atoms with Gasteiger partial charge < -0.3 is 25.0 Å². The number of urea groups is 1. The van der Waals surface area contributed by atoms with Crippen molar-refractivity contribution in [3.63, 3.8) is 0 Å². The van der Waals surface area contributed by atoms with Crippen molar-refractivity contribution in [2.45, 2.75) is 13.1 Å². The van der Waals surface area contributed by atoms with Gasteiger partial charge in [-0.05, 0) is 48.0 Å². The van der Waals surface area contributed by atoms with Crippen LogP contribution in [0.25, 0.3) is 22.1 Å². The van der Waals surface area contributed by atoms with Crippen LogP contribution >= 0.6 is 11.3 Å². The van der Waals surface area contributed by atoms with E-state index in [-0.39, 0.29) is 6.03 Å². The summed E-state index contributed by atoms with van der Waals surface area (Å²) in [5, 5.41) is 5.72. The second-order valence-electron chi connectivity index (χ2n) is 9.78. The lowest BCUT2D eigenvalue weighted by atomic mass is 10.2. The SMILES string of the molecule is O=C(NCc1cccnc1)Nc1ccc(-c2nc(-c3ccc(CN4CCOCC4)s3)nc(N3CCOCC3)n2)cc1. The Morgan fingerprint density at radius 1 is 0.878 bits per heavy atom. The molecule has 5 heterocycles. The maximum absolute atomic E-state index is 12.4. The Hall–Kier alpha value is -3.97. The predicted molar refractivity (Wildman–Crippen MR) is 158 cm³/mol. The average molecular weight is 573 g/mol. The lowest BCUT2D eigenvalue weighted by Crippen LogP contribution is -2.37. The van der Waals surface area contributed by atoms with Crippen molar-refractivity contribution in [2.24, 2.45) is 0 Å². The molecule has 3 aromatic heterocycles. The first-order valence-corrected chi connectivity index (χ1v) is 14.5. The van der Waals surface area contributed by atoms with Crippen LogP contribution in [0, 0.1) is 0 Å². The minimum atomic E-state index is -0.288. The summed E-state index contributed by atoms with van der Waals surface area (Å²) in [4.78, 5) is 37.9.